The van der Waals surface area contributed by atoms with Gasteiger partial charge in [0.15, 0.2) is 0 Å². The zero-order valence-corrected chi connectivity index (χ0v) is 59.4. The van der Waals surface area contributed by atoms with Gasteiger partial charge < -0.3 is 19.6 Å². The molecule has 0 unspecified atom stereocenters. The van der Waals surface area contributed by atoms with Gasteiger partial charge in [-0.3, -0.25) is 0 Å². The van der Waals surface area contributed by atoms with E-state index in [1.807, 2.05) is 0 Å². The van der Waals surface area contributed by atoms with Crippen LogP contribution in [0.1, 0.15) is 33.4 Å². The number of rotatable bonds is 14. The first-order valence-electron chi connectivity index (χ1n) is 37.1. The molecule has 0 radical (unpaired) electrons. The first kappa shape index (κ1) is 62.9. The molecule has 0 atom stereocenters. The summed E-state index contributed by atoms with van der Waals surface area (Å²) in [6.07, 6.45) is 0. The molecule has 0 aromatic heterocycles. The Hall–Kier alpha value is -13.8. The zero-order valence-electron chi connectivity index (χ0n) is 59.4. The van der Waals surface area contributed by atoms with Crippen LogP contribution < -0.4 is 19.6 Å². The number of hydrogen-bond acceptors (Lipinski definition) is 4. The van der Waals surface area contributed by atoms with Crippen LogP contribution in [0.4, 0.5) is 68.2 Å². The highest BCUT2D eigenvalue weighted by molar-refractivity contribution is 6.10. The van der Waals surface area contributed by atoms with E-state index < -0.39 is 5.41 Å². The van der Waals surface area contributed by atoms with Crippen LogP contribution in [0.3, 0.4) is 0 Å². The number of anilines is 12. The Morgan fingerprint density at radius 2 is 0.458 bits per heavy atom. The lowest BCUT2D eigenvalue weighted by Crippen LogP contribution is -2.26. The monoisotopic (exact) mass is 1360 g/mol. The molecular weight excluding hydrogens is 1290 g/mol. The highest BCUT2D eigenvalue weighted by Crippen LogP contribution is 2.64. The summed E-state index contributed by atoms with van der Waals surface area (Å²) in [7, 11) is 0. The van der Waals surface area contributed by atoms with Crippen molar-refractivity contribution in [3.63, 3.8) is 0 Å². The van der Waals surface area contributed by atoms with E-state index in [2.05, 4.69) is 434 Å². The number of fused-ring (bicyclic) bond motifs is 14. The van der Waals surface area contributed by atoms with Gasteiger partial charge >= 0.3 is 0 Å². The number of aryl methyl sites for hydroxylation is 2. The van der Waals surface area contributed by atoms with Gasteiger partial charge in [0.2, 0.25) is 0 Å². The fourth-order valence-corrected chi connectivity index (χ4v) is 17.8. The molecule has 2 aliphatic carbocycles. The Bertz CT molecular complexity index is 6460. The standard InChI is InChI=1S/C103H72N4/c1-69-65-77(104(74-35-6-3-7-36-74)98-53-24-32-71-29-12-15-41-83(71)98)57-61-81(69)82-62-58-78(66-70(82)2)107(100-55-26-34-73-31-14-17-43-85(73)100)102-52-23-20-46-92(102)86-47-27-49-93-87(86)48-28-56-101(93)106(76-39-10-5-11-40-76)80-60-64-91-90-63-59-79(105(75-37-8-4-9-38-75)99-54-25-33-72-30-13-16-42-84(72)99)67-96(90)103(97(91)68-80)94-50-21-18-44-88(94)89-45-19-22-51-95(89)103/h3-68H,1-2H3. The van der Waals surface area contributed by atoms with E-state index in [1.54, 1.807) is 0 Å². The molecule has 0 saturated heterocycles. The maximum Gasteiger partial charge on any atom is 0.0727 e. The molecule has 107 heavy (non-hydrogen) atoms. The van der Waals surface area contributed by atoms with Gasteiger partial charge in [-0.05, 0) is 223 Å². The quantitative estimate of drug-likeness (QED) is 0.108. The minimum absolute atomic E-state index is 0.660. The molecule has 0 fully saturated rings. The van der Waals surface area contributed by atoms with Crippen molar-refractivity contribution in [2.75, 3.05) is 19.6 Å². The van der Waals surface area contributed by atoms with Crippen LogP contribution in [-0.2, 0) is 5.41 Å². The number of hydrogen-bond donors (Lipinski definition) is 0. The molecule has 0 amide bonds. The second-order valence-electron chi connectivity index (χ2n) is 28.3. The van der Waals surface area contributed by atoms with Crippen LogP contribution in [0.25, 0.3) is 87.6 Å². The van der Waals surface area contributed by atoms with Crippen molar-refractivity contribution >= 4 is 111 Å². The van der Waals surface area contributed by atoms with Crippen molar-refractivity contribution in [1.29, 1.82) is 0 Å². The molecule has 4 nitrogen and oxygen atoms in total. The molecular formula is C103H72N4. The first-order chi connectivity index (χ1) is 52.9. The lowest BCUT2D eigenvalue weighted by atomic mass is 9.70. The van der Waals surface area contributed by atoms with Crippen LogP contribution >= 0.6 is 0 Å². The molecule has 4 heteroatoms. The van der Waals surface area contributed by atoms with Crippen molar-refractivity contribution < 1.29 is 0 Å². The highest BCUT2D eigenvalue weighted by Gasteiger charge is 2.52. The average molecular weight is 1370 g/mol. The Balaban J connectivity index is 0.724. The zero-order chi connectivity index (χ0) is 71.1. The Labute approximate surface area is 624 Å². The van der Waals surface area contributed by atoms with Crippen molar-refractivity contribution in [1.82, 2.24) is 0 Å². The minimum Gasteiger partial charge on any atom is -0.310 e. The van der Waals surface area contributed by atoms with Gasteiger partial charge in [-0.25, -0.2) is 0 Å². The molecule has 1 spiro atoms. The summed E-state index contributed by atoms with van der Waals surface area (Å²) in [5.74, 6) is 0. The minimum atomic E-state index is -0.660. The molecule has 0 bridgehead atoms. The van der Waals surface area contributed by atoms with Crippen molar-refractivity contribution in [3.8, 4) is 44.5 Å². The molecule has 0 N–H and O–H groups in total. The molecule has 0 saturated carbocycles. The molecule has 20 rings (SSSR count). The van der Waals surface area contributed by atoms with Gasteiger partial charge in [-0.15, -0.1) is 0 Å². The maximum absolute atomic E-state index is 2.52. The van der Waals surface area contributed by atoms with Gasteiger partial charge in [0.05, 0.1) is 33.9 Å². The Kier molecular flexibility index (Phi) is 15.2. The first-order valence-corrected chi connectivity index (χ1v) is 37.1. The highest BCUT2D eigenvalue weighted by atomic mass is 15.2. The van der Waals surface area contributed by atoms with E-state index in [9.17, 15) is 0 Å². The largest absolute Gasteiger partial charge is 0.310 e. The molecule has 18 aromatic carbocycles. The Morgan fingerprint density at radius 1 is 0.168 bits per heavy atom. The number of para-hydroxylation sites is 4. The van der Waals surface area contributed by atoms with E-state index in [0.29, 0.717) is 0 Å². The summed E-state index contributed by atoms with van der Waals surface area (Å²) in [5.41, 5.74) is 29.7. The fraction of sp³-hybridized carbons (Fsp3) is 0.0291. The van der Waals surface area contributed by atoms with Gasteiger partial charge in [-0.1, -0.05) is 285 Å². The second-order valence-corrected chi connectivity index (χ2v) is 28.3. The lowest BCUT2D eigenvalue weighted by molar-refractivity contribution is 0.793. The molecule has 504 valence electrons. The third kappa shape index (κ3) is 10.3. The Morgan fingerprint density at radius 3 is 0.916 bits per heavy atom. The van der Waals surface area contributed by atoms with E-state index in [-0.39, 0.29) is 0 Å². The summed E-state index contributed by atoms with van der Waals surface area (Å²) in [4.78, 5) is 9.84. The van der Waals surface area contributed by atoms with E-state index in [4.69, 9.17) is 0 Å². The van der Waals surface area contributed by atoms with Crippen LogP contribution in [-0.4, -0.2) is 0 Å². The van der Waals surface area contributed by atoms with E-state index >= 15 is 0 Å². The van der Waals surface area contributed by atoms with Crippen molar-refractivity contribution in [2.24, 2.45) is 0 Å². The van der Waals surface area contributed by atoms with Gasteiger partial charge in [-0.2, -0.15) is 0 Å². The van der Waals surface area contributed by atoms with Crippen LogP contribution in [0.5, 0.6) is 0 Å². The maximum atomic E-state index is 2.52. The molecule has 2 aliphatic rings. The third-order valence-corrected chi connectivity index (χ3v) is 22.4. The fourth-order valence-electron chi connectivity index (χ4n) is 17.8. The van der Waals surface area contributed by atoms with Crippen molar-refractivity contribution in [3.05, 3.63) is 434 Å². The van der Waals surface area contributed by atoms with Gasteiger partial charge in [0.1, 0.15) is 0 Å². The van der Waals surface area contributed by atoms with Crippen LogP contribution in [0, 0.1) is 13.8 Å². The lowest BCUT2D eigenvalue weighted by Gasteiger charge is -2.33. The second kappa shape index (κ2) is 25.9. The summed E-state index contributed by atoms with van der Waals surface area (Å²) < 4.78 is 0. The topological polar surface area (TPSA) is 13.0 Å². The molecule has 0 heterocycles. The molecule has 0 aliphatic heterocycles. The van der Waals surface area contributed by atoms with E-state index in [1.165, 1.54) is 99.1 Å². The van der Waals surface area contributed by atoms with Crippen molar-refractivity contribution in [2.45, 2.75) is 19.3 Å². The average Bonchev–Trinajstić information content (AvgIpc) is 1.51. The summed E-state index contributed by atoms with van der Waals surface area (Å²) in [6.45, 7) is 4.52. The summed E-state index contributed by atoms with van der Waals surface area (Å²) in [6, 6.07) is 148. The smallest absolute Gasteiger partial charge is 0.0727 e. The normalized spacial score (nSPS) is 12.3. The van der Waals surface area contributed by atoms with Gasteiger partial charge in [0.25, 0.3) is 0 Å². The van der Waals surface area contributed by atoms with Crippen LogP contribution in [0.15, 0.2) is 400 Å². The summed E-state index contributed by atoms with van der Waals surface area (Å²) >= 11 is 0. The predicted molar refractivity (Wildman–Crippen MR) is 452 cm³/mol. The number of benzene rings is 18. The third-order valence-electron chi connectivity index (χ3n) is 22.4. The van der Waals surface area contributed by atoms with E-state index in [0.717, 1.165) is 90.1 Å². The van der Waals surface area contributed by atoms with Crippen LogP contribution in [0.2, 0.25) is 0 Å². The molecule has 18 aromatic rings. The number of nitrogens with zero attached hydrogens (tertiary/aromatic N) is 4. The summed E-state index contributed by atoms with van der Waals surface area (Å²) in [5, 5.41) is 9.46. The van der Waals surface area contributed by atoms with Gasteiger partial charge in [0, 0.05) is 66.9 Å². The SMILES string of the molecule is Cc1cc(N(c2ccccc2)c2cccc3ccccc23)ccc1-c1ccc(N(c2ccccc2-c2cccc3c(N(c4ccccc4)c4ccc5c(c4)C4(c6ccccc6-c6ccccc64)c4cc(N(c6ccccc6)c6cccc7ccccc67)ccc4-5)cccc23)c2cccc3ccccc23)cc1C. The predicted octanol–water partition coefficient (Wildman–Crippen LogP) is 28.5.